The van der Waals surface area contributed by atoms with Crippen LogP contribution in [0.5, 0.6) is 0 Å². The van der Waals surface area contributed by atoms with Crippen LogP contribution in [0.1, 0.15) is 37.0 Å². The van der Waals surface area contributed by atoms with Gasteiger partial charge in [-0.05, 0) is 63.0 Å². The summed E-state index contributed by atoms with van der Waals surface area (Å²) in [6, 6.07) is 17.8. The van der Waals surface area contributed by atoms with Crippen LogP contribution in [-0.2, 0) is 4.74 Å². The van der Waals surface area contributed by atoms with E-state index in [1.807, 2.05) is 68.4 Å². The zero-order chi connectivity index (χ0) is 17.0. The van der Waals surface area contributed by atoms with Crippen LogP contribution in [0.4, 0.5) is 0 Å². The fourth-order valence-electron chi connectivity index (χ4n) is 3.35. The minimum absolute atomic E-state index is 0.240. The normalized spacial score (nSPS) is 15.9. The van der Waals surface area contributed by atoms with Crippen LogP contribution in [0.3, 0.4) is 0 Å². The third kappa shape index (κ3) is 3.85. The number of hydrogen-bond acceptors (Lipinski definition) is 3. The first-order valence-corrected chi connectivity index (χ1v) is 8.66. The number of esters is 1. The second-order valence-electron chi connectivity index (χ2n) is 6.96. The lowest BCUT2D eigenvalue weighted by atomic mass is 9.83. The molecule has 126 valence electrons. The van der Waals surface area contributed by atoms with Crippen LogP contribution < -0.4 is 5.32 Å². The van der Waals surface area contributed by atoms with Gasteiger partial charge in [-0.2, -0.15) is 0 Å². The van der Waals surface area contributed by atoms with Crippen molar-refractivity contribution in [2.45, 2.75) is 32.3 Å². The molecule has 3 nitrogen and oxygen atoms in total. The molecule has 1 N–H and O–H groups in total. The van der Waals surface area contributed by atoms with Crippen molar-refractivity contribution in [2.75, 3.05) is 13.1 Å². The number of carbonyl (C=O) groups excluding carboxylic acids is 1. The van der Waals surface area contributed by atoms with E-state index in [0.717, 1.165) is 37.1 Å². The average molecular weight is 323 g/mol. The Balaban J connectivity index is 1.75. The summed E-state index contributed by atoms with van der Waals surface area (Å²) in [5.41, 5.74) is 2.30. The van der Waals surface area contributed by atoms with Gasteiger partial charge in [-0.15, -0.1) is 0 Å². The average Bonchev–Trinajstić information content (AvgIpc) is 2.63. The summed E-state index contributed by atoms with van der Waals surface area (Å²) >= 11 is 0. The molecule has 3 heteroatoms. The highest BCUT2D eigenvalue weighted by Crippen LogP contribution is 2.30. The maximum Gasteiger partial charge on any atom is 0.338 e. The number of benzene rings is 2. The van der Waals surface area contributed by atoms with Gasteiger partial charge in [0, 0.05) is 5.92 Å². The SMILES string of the molecule is CC(C)(OC(=O)c1cccc(-c2ccccc2)c1)C1CCNCC1. The first-order chi connectivity index (χ1) is 11.6. The van der Waals surface area contributed by atoms with Crippen molar-refractivity contribution >= 4 is 5.97 Å². The third-order valence-electron chi connectivity index (χ3n) is 4.88. The van der Waals surface area contributed by atoms with E-state index >= 15 is 0 Å². The van der Waals surface area contributed by atoms with E-state index in [1.165, 1.54) is 0 Å². The molecule has 0 aromatic heterocycles. The molecule has 2 aromatic rings. The standard InChI is InChI=1S/C21H25NO2/c1-21(2,19-11-13-22-14-12-19)24-20(23)18-10-6-9-17(15-18)16-7-4-3-5-8-16/h3-10,15,19,22H,11-14H2,1-2H3. The largest absolute Gasteiger partial charge is 0.456 e. The molecule has 1 aliphatic heterocycles. The Bertz CT molecular complexity index is 688. The van der Waals surface area contributed by atoms with E-state index in [4.69, 9.17) is 4.74 Å². The van der Waals surface area contributed by atoms with E-state index in [1.54, 1.807) is 0 Å². The highest BCUT2D eigenvalue weighted by atomic mass is 16.6. The second kappa shape index (κ2) is 7.18. The first-order valence-electron chi connectivity index (χ1n) is 8.66. The van der Waals surface area contributed by atoms with Gasteiger partial charge in [0.1, 0.15) is 5.60 Å². The Morgan fingerprint density at radius 1 is 1.00 bits per heavy atom. The fraction of sp³-hybridized carbons (Fsp3) is 0.381. The van der Waals surface area contributed by atoms with E-state index in [-0.39, 0.29) is 5.97 Å². The van der Waals surface area contributed by atoms with Gasteiger partial charge in [-0.25, -0.2) is 4.79 Å². The van der Waals surface area contributed by atoms with Crippen molar-refractivity contribution in [3.63, 3.8) is 0 Å². The van der Waals surface area contributed by atoms with Gasteiger partial charge < -0.3 is 10.1 Å². The quantitative estimate of drug-likeness (QED) is 0.853. The molecule has 1 aliphatic rings. The Hall–Kier alpha value is -2.13. The topological polar surface area (TPSA) is 38.3 Å². The van der Waals surface area contributed by atoms with Gasteiger partial charge in [0.25, 0.3) is 0 Å². The molecular formula is C21H25NO2. The van der Waals surface area contributed by atoms with E-state index in [2.05, 4.69) is 5.32 Å². The van der Waals surface area contributed by atoms with Gasteiger partial charge in [-0.3, -0.25) is 0 Å². The number of carbonyl (C=O) groups is 1. The molecule has 1 saturated heterocycles. The van der Waals surface area contributed by atoms with Crippen LogP contribution >= 0.6 is 0 Å². The van der Waals surface area contributed by atoms with Gasteiger partial charge in [0.2, 0.25) is 0 Å². The molecule has 3 rings (SSSR count). The molecule has 0 unspecified atom stereocenters. The van der Waals surface area contributed by atoms with Gasteiger partial charge in [0.15, 0.2) is 0 Å². The van der Waals surface area contributed by atoms with Crippen LogP contribution in [0.2, 0.25) is 0 Å². The number of piperidine rings is 1. The predicted octanol–water partition coefficient (Wildman–Crippen LogP) is 4.29. The third-order valence-corrected chi connectivity index (χ3v) is 4.88. The molecule has 1 heterocycles. The van der Waals surface area contributed by atoms with E-state index in [9.17, 15) is 4.79 Å². The number of nitrogens with one attached hydrogen (secondary N) is 1. The number of hydrogen-bond donors (Lipinski definition) is 1. The molecule has 0 atom stereocenters. The minimum Gasteiger partial charge on any atom is -0.456 e. The highest BCUT2D eigenvalue weighted by molar-refractivity contribution is 5.91. The van der Waals surface area contributed by atoms with Crippen molar-refractivity contribution in [1.29, 1.82) is 0 Å². The van der Waals surface area contributed by atoms with Gasteiger partial charge in [-0.1, -0.05) is 42.5 Å². The minimum atomic E-state index is -0.443. The van der Waals surface area contributed by atoms with Crippen LogP contribution in [0, 0.1) is 5.92 Å². The maximum atomic E-state index is 12.6. The maximum absolute atomic E-state index is 12.6. The summed E-state index contributed by atoms with van der Waals surface area (Å²) in [6.45, 7) is 6.05. The smallest absolute Gasteiger partial charge is 0.338 e. The van der Waals surface area contributed by atoms with Crippen molar-refractivity contribution in [1.82, 2.24) is 5.32 Å². The summed E-state index contributed by atoms with van der Waals surface area (Å²) in [4.78, 5) is 12.6. The van der Waals surface area contributed by atoms with Crippen LogP contribution in [0.25, 0.3) is 11.1 Å². The summed E-state index contributed by atoms with van der Waals surface area (Å²) in [7, 11) is 0. The highest BCUT2D eigenvalue weighted by Gasteiger charge is 2.34. The molecule has 0 amide bonds. The summed E-state index contributed by atoms with van der Waals surface area (Å²) in [5.74, 6) is 0.163. The zero-order valence-corrected chi connectivity index (χ0v) is 14.4. The monoisotopic (exact) mass is 323 g/mol. The fourth-order valence-corrected chi connectivity index (χ4v) is 3.35. The molecule has 0 saturated carbocycles. The molecule has 24 heavy (non-hydrogen) atoms. The Morgan fingerprint density at radius 3 is 2.38 bits per heavy atom. The van der Waals surface area contributed by atoms with E-state index < -0.39 is 5.60 Å². The zero-order valence-electron chi connectivity index (χ0n) is 14.4. The molecular weight excluding hydrogens is 298 g/mol. The Morgan fingerprint density at radius 2 is 1.67 bits per heavy atom. The molecule has 1 fully saturated rings. The molecule has 2 aromatic carbocycles. The van der Waals surface area contributed by atoms with Crippen molar-refractivity contribution in [2.24, 2.45) is 5.92 Å². The number of ether oxygens (including phenoxy) is 1. The van der Waals surface area contributed by atoms with Gasteiger partial charge in [0.05, 0.1) is 5.56 Å². The lowest BCUT2D eigenvalue weighted by Gasteiger charge is -2.36. The molecule has 0 bridgehead atoms. The second-order valence-corrected chi connectivity index (χ2v) is 6.96. The van der Waals surface area contributed by atoms with Crippen molar-refractivity contribution < 1.29 is 9.53 Å². The summed E-state index contributed by atoms with van der Waals surface area (Å²) in [6.07, 6.45) is 2.09. The van der Waals surface area contributed by atoms with Crippen molar-refractivity contribution in [3.8, 4) is 11.1 Å². The van der Waals surface area contributed by atoms with E-state index in [0.29, 0.717) is 11.5 Å². The Kier molecular flexibility index (Phi) is 5.00. The summed E-state index contributed by atoms with van der Waals surface area (Å²) in [5, 5.41) is 3.36. The molecule has 0 radical (unpaired) electrons. The lowest BCUT2D eigenvalue weighted by Crippen LogP contribution is -2.42. The van der Waals surface area contributed by atoms with Crippen molar-refractivity contribution in [3.05, 3.63) is 60.2 Å². The molecule has 0 spiro atoms. The van der Waals surface area contributed by atoms with Crippen LogP contribution in [-0.4, -0.2) is 24.7 Å². The van der Waals surface area contributed by atoms with Crippen LogP contribution in [0.15, 0.2) is 54.6 Å². The number of rotatable bonds is 4. The summed E-state index contributed by atoms with van der Waals surface area (Å²) < 4.78 is 5.89. The van der Waals surface area contributed by atoms with Gasteiger partial charge >= 0.3 is 5.97 Å². The molecule has 0 aliphatic carbocycles. The lowest BCUT2D eigenvalue weighted by molar-refractivity contribution is -0.0368. The predicted molar refractivity (Wildman–Crippen MR) is 97.0 cm³/mol. The Labute approximate surface area is 144 Å². The first kappa shape index (κ1) is 16.7.